The van der Waals surface area contributed by atoms with Crippen LogP contribution in [-0.2, 0) is 12.8 Å². The first-order valence-corrected chi connectivity index (χ1v) is 5.85. The van der Waals surface area contributed by atoms with Crippen molar-refractivity contribution in [2.24, 2.45) is 0 Å². The van der Waals surface area contributed by atoms with Gasteiger partial charge in [0.2, 0.25) is 0 Å². The molecule has 1 N–H and O–H groups in total. The molecule has 1 aromatic carbocycles. The molecule has 2 nitrogen and oxygen atoms in total. The molecular weight excluding hydrogens is 275 g/mol. The summed E-state index contributed by atoms with van der Waals surface area (Å²) in [4.78, 5) is 7.25. The van der Waals surface area contributed by atoms with Gasteiger partial charge in [0.25, 0.3) is 0 Å². The number of rotatable bonds is 3. The van der Waals surface area contributed by atoms with Crippen LogP contribution in [0.5, 0.6) is 0 Å². The van der Waals surface area contributed by atoms with Crippen LogP contribution in [0.4, 0.5) is 0 Å². The molecule has 0 aliphatic rings. The molecule has 0 aliphatic heterocycles. The Labute approximate surface area is 102 Å². The van der Waals surface area contributed by atoms with E-state index in [1.165, 1.54) is 0 Å². The Morgan fingerprint density at radius 2 is 2.20 bits per heavy atom. The van der Waals surface area contributed by atoms with Crippen molar-refractivity contribution >= 4 is 27.5 Å². The van der Waals surface area contributed by atoms with E-state index in [0.717, 1.165) is 33.7 Å². The van der Waals surface area contributed by atoms with Gasteiger partial charge in [-0.3, -0.25) is 0 Å². The van der Waals surface area contributed by atoms with E-state index in [9.17, 15) is 0 Å². The number of imidazole rings is 1. The molecule has 2 aromatic rings. The number of H-pyrrole nitrogens is 1. The zero-order valence-corrected chi connectivity index (χ0v) is 10.3. The second kappa shape index (κ2) is 4.81. The van der Waals surface area contributed by atoms with Crippen LogP contribution in [-0.4, -0.2) is 9.97 Å². The van der Waals surface area contributed by atoms with E-state index in [-0.39, 0.29) is 0 Å². The third-order valence-electron chi connectivity index (χ3n) is 2.23. The molecule has 0 spiro atoms. The molecule has 78 valence electrons. The highest BCUT2D eigenvalue weighted by atomic mass is 79.9. The SMILES string of the molecule is Clc1cccc(Br)c1CCc1ncc[nH]1. The van der Waals surface area contributed by atoms with Gasteiger partial charge in [-0.1, -0.05) is 33.6 Å². The maximum atomic E-state index is 6.11. The second-order valence-electron chi connectivity index (χ2n) is 3.24. The molecule has 0 fully saturated rings. The number of hydrogen-bond donors (Lipinski definition) is 1. The molecule has 2 rings (SSSR count). The van der Waals surface area contributed by atoms with Crippen molar-refractivity contribution in [3.05, 3.63) is 51.5 Å². The largest absolute Gasteiger partial charge is 0.349 e. The molecule has 0 radical (unpaired) electrons. The number of benzene rings is 1. The molecule has 0 bridgehead atoms. The molecule has 0 amide bonds. The van der Waals surface area contributed by atoms with Crippen molar-refractivity contribution in [1.29, 1.82) is 0 Å². The summed E-state index contributed by atoms with van der Waals surface area (Å²) in [7, 11) is 0. The molecule has 0 saturated carbocycles. The smallest absolute Gasteiger partial charge is 0.106 e. The predicted octanol–water partition coefficient (Wildman–Crippen LogP) is 3.61. The Balaban J connectivity index is 2.11. The minimum atomic E-state index is 0.802. The first kappa shape index (κ1) is 10.7. The van der Waals surface area contributed by atoms with Crippen molar-refractivity contribution in [3.8, 4) is 0 Å². The molecule has 0 aliphatic carbocycles. The van der Waals surface area contributed by atoms with Gasteiger partial charge in [-0.25, -0.2) is 4.98 Å². The molecule has 1 heterocycles. The zero-order chi connectivity index (χ0) is 10.7. The minimum Gasteiger partial charge on any atom is -0.349 e. The van der Waals surface area contributed by atoms with Crippen LogP contribution in [0.15, 0.2) is 35.1 Å². The summed E-state index contributed by atoms with van der Waals surface area (Å²) in [6.07, 6.45) is 5.34. The van der Waals surface area contributed by atoms with E-state index in [4.69, 9.17) is 11.6 Å². The summed E-state index contributed by atoms with van der Waals surface area (Å²) >= 11 is 9.61. The topological polar surface area (TPSA) is 28.7 Å². The van der Waals surface area contributed by atoms with E-state index in [1.807, 2.05) is 24.4 Å². The third-order valence-corrected chi connectivity index (χ3v) is 3.33. The molecule has 0 atom stereocenters. The number of nitrogens with zero attached hydrogens (tertiary/aromatic N) is 1. The first-order valence-electron chi connectivity index (χ1n) is 4.68. The van der Waals surface area contributed by atoms with Gasteiger partial charge < -0.3 is 4.98 Å². The van der Waals surface area contributed by atoms with Gasteiger partial charge in [0.1, 0.15) is 5.82 Å². The molecular formula is C11H10BrClN2. The highest BCUT2D eigenvalue weighted by Crippen LogP contribution is 2.25. The van der Waals surface area contributed by atoms with Crippen molar-refractivity contribution in [2.45, 2.75) is 12.8 Å². The summed E-state index contributed by atoms with van der Waals surface area (Å²) < 4.78 is 1.06. The quantitative estimate of drug-likeness (QED) is 0.917. The summed E-state index contributed by atoms with van der Waals surface area (Å²) in [5.41, 5.74) is 1.13. The lowest BCUT2D eigenvalue weighted by Gasteiger charge is -2.05. The monoisotopic (exact) mass is 284 g/mol. The van der Waals surface area contributed by atoms with Gasteiger partial charge in [0, 0.05) is 28.3 Å². The molecule has 15 heavy (non-hydrogen) atoms. The Kier molecular flexibility index (Phi) is 3.44. The van der Waals surface area contributed by atoms with Crippen molar-refractivity contribution in [2.75, 3.05) is 0 Å². The van der Waals surface area contributed by atoms with E-state index in [0.29, 0.717) is 0 Å². The molecule has 0 unspecified atom stereocenters. The summed E-state index contributed by atoms with van der Waals surface area (Å²) in [6.45, 7) is 0. The van der Waals surface area contributed by atoms with Crippen LogP contribution >= 0.6 is 27.5 Å². The van der Waals surface area contributed by atoms with E-state index in [2.05, 4.69) is 25.9 Å². The lowest BCUT2D eigenvalue weighted by atomic mass is 10.1. The zero-order valence-electron chi connectivity index (χ0n) is 8.00. The van der Waals surface area contributed by atoms with Crippen molar-refractivity contribution in [1.82, 2.24) is 9.97 Å². The fraction of sp³-hybridized carbons (Fsp3) is 0.182. The van der Waals surface area contributed by atoms with Gasteiger partial charge >= 0.3 is 0 Å². The number of hydrogen-bond acceptors (Lipinski definition) is 1. The van der Waals surface area contributed by atoms with Crippen LogP contribution in [0.3, 0.4) is 0 Å². The maximum absolute atomic E-state index is 6.11. The number of nitrogens with one attached hydrogen (secondary N) is 1. The van der Waals surface area contributed by atoms with Crippen molar-refractivity contribution < 1.29 is 0 Å². The number of aromatic amines is 1. The van der Waals surface area contributed by atoms with Gasteiger partial charge in [-0.05, 0) is 24.1 Å². The van der Waals surface area contributed by atoms with E-state index >= 15 is 0 Å². The standard InChI is InChI=1S/C11H10BrClN2/c12-9-2-1-3-10(13)8(9)4-5-11-14-6-7-15-11/h1-3,6-7H,4-5H2,(H,14,15). The average molecular weight is 286 g/mol. The van der Waals surface area contributed by atoms with Gasteiger partial charge in [0.15, 0.2) is 0 Å². The minimum absolute atomic E-state index is 0.802. The number of halogens is 2. The van der Waals surface area contributed by atoms with Crippen LogP contribution in [0.1, 0.15) is 11.4 Å². The first-order chi connectivity index (χ1) is 7.27. The summed E-state index contributed by atoms with van der Waals surface area (Å²) in [5, 5.41) is 0.802. The lowest BCUT2D eigenvalue weighted by Crippen LogP contribution is -1.95. The highest BCUT2D eigenvalue weighted by Gasteiger charge is 2.05. The van der Waals surface area contributed by atoms with Gasteiger partial charge in [0.05, 0.1) is 0 Å². The predicted molar refractivity (Wildman–Crippen MR) is 65.1 cm³/mol. The Morgan fingerprint density at radius 3 is 2.87 bits per heavy atom. The summed E-state index contributed by atoms with van der Waals surface area (Å²) in [6, 6.07) is 5.84. The third kappa shape index (κ3) is 2.61. The number of aryl methyl sites for hydroxylation is 1. The fourth-order valence-corrected chi connectivity index (χ4v) is 2.40. The van der Waals surface area contributed by atoms with Crippen LogP contribution in [0.2, 0.25) is 5.02 Å². The second-order valence-corrected chi connectivity index (χ2v) is 4.50. The Morgan fingerprint density at radius 1 is 1.33 bits per heavy atom. The normalized spacial score (nSPS) is 10.5. The highest BCUT2D eigenvalue weighted by molar-refractivity contribution is 9.10. The number of aromatic nitrogens is 2. The molecule has 0 saturated heterocycles. The lowest BCUT2D eigenvalue weighted by molar-refractivity contribution is 0.881. The Hall–Kier alpha value is -0.800. The summed E-state index contributed by atoms with van der Waals surface area (Å²) in [5.74, 6) is 0.988. The molecule has 1 aromatic heterocycles. The van der Waals surface area contributed by atoms with E-state index < -0.39 is 0 Å². The molecule has 4 heteroatoms. The van der Waals surface area contributed by atoms with Crippen LogP contribution in [0.25, 0.3) is 0 Å². The van der Waals surface area contributed by atoms with Crippen molar-refractivity contribution in [3.63, 3.8) is 0 Å². The van der Waals surface area contributed by atoms with E-state index in [1.54, 1.807) is 6.20 Å². The fourth-order valence-electron chi connectivity index (χ4n) is 1.45. The van der Waals surface area contributed by atoms with Gasteiger partial charge in [-0.15, -0.1) is 0 Å². The van der Waals surface area contributed by atoms with Crippen LogP contribution < -0.4 is 0 Å². The maximum Gasteiger partial charge on any atom is 0.106 e. The van der Waals surface area contributed by atoms with Gasteiger partial charge in [-0.2, -0.15) is 0 Å². The van der Waals surface area contributed by atoms with Crippen LogP contribution in [0, 0.1) is 0 Å². The Bertz CT molecular complexity index is 420. The average Bonchev–Trinajstić information content (AvgIpc) is 2.70.